The molecule has 0 radical (unpaired) electrons. The molecule has 0 spiro atoms. The van der Waals surface area contributed by atoms with E-state index in [-0.39, 0.29) is 15.1 Å². The van der Waals surface area contributed by atoms with E-state index in [9.17, 15) is 26.4 Å². The summed E-state index contributed by atoms with van der Waals surface area (Å²) in [6.07, 6.45) is -2.40. The average Bonchev–Trinajstić information content (AvgIpc) is 2.60. The molecule has 0 aliphatic heterocycles. The number of anilines is 1. The van der Waals surface area contributed by atoms with Gasteiger partial charge in [-0.3, -0.25) is 14.7 Å². The third kappa shape index (κ3) is 5.55. The Morgan fingerprint density at radius 3 is 2.48 bits per heavy atom. The molecule has 0 unspecified atom stereocenters. The van der Waals surface area contributed by atoms with Gasteiger partial charge in [-0.15, -0.1) is 0 Å². The predicted octanol–water partition coefficient (Wildman–Crippen LogP) is 3.79. The van der Waals surface area contributed by atoms with Gasteiger partial charge in [0.05, 0.1) is 16.1 Å². The van der Waals surface area contributed by atoms with Crippen LogP contribution in [0.5, 0.6) is 0 Å². The van der Waals surface area contributed by atoms with Gasteiger partial charge in [-0.2, -0.15) is 13.2 Å². The van der Waals surface area contributed by atoms with E-state index in [2.05, 4.69) is 20.7 Å². The number of hydroxylamine groups is 1. The Morgan fingerprint density at radius 2 is 1.85 bits per heavy atom. The first kappa shape index (κ1) is 20.9. The number of halogens is 4. The van der Waals surface area contributed by atoms with Crippen molar-refractivity contribution in [2.75, 3.05) is 4.72 Å². The van der Waals surface area contributed by atoms with Crippen LogP contribution in [0.1, 0.15) is 11.1 Å². The van der Waals surface area contributed by atoms with Crippen LogP contribution in [0.15, 0.2) is 57.9 Å². The summed E-state index contributed by atoms with van der Waals surface area (Å²) in [6, 6.07) is 7.94. The summed E-state index contributed by atoms with van der Waals surface area (Å²) >= 11 is 3.01. The van der Waals surface area contributed by atoms with Crippen molar-refractivity contribution in [1.82, 2.24) is 5.48 Å². The molecule has 0 aliphatic carbocycles. The molecule has 2 aromatic rings. The van der Waals surface area contributed by atoms with E-state index in [0.29, 0.717) is 11.6 Å². The first-order valence-electron chi connectivity index (χ1n) is 7.15. The number of nitrogens with one attached hydrogen (secondary N) is 2. The molecule has 2 rings (SSSR count). The van der Waals surface area contributed by atoms with E-state index < -0.39 is 27.7 Å². The molecule has 0 fully saturated rings. The van der Waals surface area contributed by atoms with Gasteiger partial charge in [0.2, 0.25) is 0 Å². The summed E-state index contributed by atoms with van der Waals surface area (Å²) in [4.78, 5) is 10.8. The van der Waals surface area contributed by atoms with E-state index in [1.807, 2.05) is 0 Å². The highest BCUT2D eigenvalue weighted by atomic mass is 79.9. The highest BCUT2D eigenvalue weighted by molar-refractivity contribution is 9.10. The molecule has 0 aromatic heterocycles. The average molecular weight is 465 g/mol. The van der Waals surface area contributed by atoms with Gasteiger partial charge in [0, 0.05) is 10.5 Å². The van der Waals surface area contributed by atoms with E-state index in [4.69, 9.17) is 5.21 Å². The monoisotopic (exact) mass is 464 g/mol. The zero-order chi connectivity index (χ0) is 20.2. The summed E-state index contributed by atoms with van der Waals surface area (Å²) < 4.78 is 65.8. The van der Waals surface area contributed by atoms with Crippen molar-refractivity contribution in [3.63, 3.8) is 0 Å². The first-order valence-corrected chi connectivity index (χ1v) is 9.42. The van der Waals surface area contributed by atoms with Crippen LogP contribution >= 0.6 is 15.9 Å². The fourth-order valence-electron chi connectivity index (χ4n) is 1.98. The topological polar surface area (TPSA) is 95.5 Å². The van der Waals surface area contributed by atoms with Gasteiger partial charge in [0.25, 0.3) is 15.9 Å². The summed E-state index contributed by atoms with van der Waals surface area (Å²) in [7, 11) is -4.20. The Bertz CT molecular complexity index is 991. The number of carbonyl (C=O) groups is 1. The van der Waals surface area contributed by atoms with Crippen molar-refractivity contribution in [3.8, 4) is 0 Å². The molecule has 0 atom stereocenters. The number of carbonyl (C=O) groups excluding carboxylic acids is 1. The Morgan fingerprint density at radius 1 is 1.15 bits per heavy atom. The Labute approximate surface area is 160 Å². The number of amides is 1. The van der Waals surface area contributed by atoms with Crippen LogP contribution < -0.4 is 10.2 Å². The van der Waals surface area contributed by atoms with Crippen molar-refractivity contribution < 1.29 is 31.6 Å². The van der Waals surface area contributed by atoms with Crippen LogP contribution in [-0.2, 0) is 21.0 Å². The lowest BCUT2D eigenvalue weighted by atomic mass is 10.2. The standard InChI is InChI=1S/C16H12BrF3N2O4S/c17-13-6-5-11(16(18,19)20)9-14(13)22-27(25,26)12-3-1-2-10(8-12)4-7-15(23)21-24/h1-9,22,24H,(H,21,23)/b7-4+. The highest BCUT2D eigenvalue weighted by Crippen LogP contribution is 2.34. The van der Waals surface area contributed by atoms with Gasteiger partial charge in [-0.1, -0.05) is 12.1 Å². The Kier molecular flexibility index (Phi) is 6.29. The molecule has 6 nitrogen and oxygen atoms in total. The fourth-order valence-corrected chi connectivity index (χ4v) is 3.58. The predicted molar refractivity (Wildman–Crippen MR) is 95.4 cm³/mol. The van der Waals surface area contributed by atoms with Crippen molar-refractivity contribution in [2.24, 2.45) is 0 Å². The lowest BCUT2D eigenvalue weighted by Gasteiger charge is -2.13. The number of sulfonamides is 1. The molecule has 27 heavy (non-hydrogen) atoms. The number of benzene rings is 2. The highest BCUT2D eigenvalue weighted by Gasteiger charge is 2.31. The van der Waals surface area contributed by atoms with E-state index in [0.717, 1.165) is 18.2 Å². The van der Waals surface area contributed by atoms with Crippen LogP contribution in [0.3, 0.4) is 0 Å². The second kappa shape index (κ2) is 8.11. The van der Waals surface area contributed by atoms with Crippen LogP contribution in [0, 0.1) is 0 Å². The zero-order valence-electron chi connectivity index (χ0n) is 13.3. The number of hydrogen-bond acceptors (Lipinski definition) is 4. The van der Waals surface area contributed by atoms with E-state index in [1.54, 1.807) is 0 Å². The summed E-state index contributed by atoms with van der Waals surface area (Å²) in [6.45, 7) is 0. The van der Waals surface area contributed by atoms with Crippen molar-refractivity contribution in [1.29, 1.82) is 0 Å². The number of alkyl halides is 3. The molecule has 0 saturated heterocycles. The molecule has 0 aliphatic rings. The Hall–Kier alpha value is -2.37. The molecule has 0 heterocycles. The lowest BCUT2D eigenvalue weighted by Crippen LogP contribution is -2.15. The Balaban J connectivity index is 2.35. The third-order valence-electron chi connectivity index (χ3n) is 3.24. The molecule has 0 saturated carbocycles. The SMILES string of the molecule is O=C(/C=C/c1cccc(S(=O)(=O)Nc2cc(C(F)(F)F)ccc2Br)c1)NO. The van der Waals surface area contributed by atoms with Gasteiger partial charge >= 0.3 is 6.18 Å². The van der Waals surface area contributed by atoms with Crippen LogP contribution in [0.4, 0.5) is 18.9 Å². The first-order chi connectivity index (χ1) is 12.5. The molecule has 0 bridgehead atoms. The zero-order valence-corrected chi connectivity index (χ0v) is 15.7. The van der Waals surface area contributed by atoms with Gasteiger partial charge < -0.3 is 0 Å². The molecule has 11 heteroatoms. The smallest absolute Gasteiger partial charge is 0.288 e. The minimum Gasteiger partial charge on any atom is -0.288 e. The maximum atomic E-state index is 12.8. The maximum Gasteiger partial charge on any atom is 0.416 e. The second-order valence-electron chi connectivity index (χ2n) is 5.18. The van der Waals surface area contributed by atoms with Crippen LogP contribution in [0.2, 0.25) is 0 Å². The van der Waals surface area contributed by atoms with Crippen molar-refractivity contribution in [3.05, 3.63) is 64.1 Å². The van der Waals surface area contributed by atoms with Gasteiger partial charge in [-0.05, 0) is 57.9 Å². The summed E-state index contributed by atoms with van der Waals surface area (Å²) in [5.41, 5.74) is 0.429. The van der Waals surface area contributed by atoms with E-state index in [1.165, 1.54) is 35.8 Å². The largest absolute Gasteiger partial charge is 0.416 e. The molecular weight excluding hydrogens is 453 g/mol. The van der Waals surface area contributed by atoms with Crippen molar-refractivity contribution in [2.45, 2.75) is 11.1 Å². The third-order valence-corrected chi connectivity index (χ3v) is 5.30. The minimum absolute atomic E-state index is 0.134. The maximum absolute atomic E-state index is 12.8. The van der Waals surface area contributed by atoms with Crippen molar-refractivity contribution >= 4 is 43.6 Å². The molecule has 144 valence electrons. The van der Waals surface area contributed by atoms with Gasteiger partial charge in [0.1, 0.15) is 0 Å². The van der Waals surface area contributed by atoms with E-state index >= 15 is 0 Å². The van der Waals surface area contributed by atoms with Gasteiger partial charge in [-0.25, -0.2) is 13.9 Å². The van der Waals surface area contributed by atoms with Crippen LogP contribution in [-0.4, -0.2) is 19.5 Å². The molecule has 1 amide bonds. The summed E-state index contributed by atoms with van der Waals surface area (Å²) in [5.74, 6) is -0.811. The second-order valence-corrected chi connectivity index (χ2v) is 7.72. The number of rotatable bonds is 5. The summed E-state index contributed by atoms with van der Waals surface area (Å²) in [5, 5.41) is 8.43. The lowest BCUT2D eigenvalue weighted by molar-refractivity contribution is -0.137. The minimum atomic E-state index is -4.63. The molecule has 3 N–H and O–H groups in total. The van der Waals surface area contributed by atoms with Gasteiger partial charge in [0.15, 0.2) is 0 Å². The quantitative estimate of drug-likeness (QED) is 0.356. The number of hydrogen-bond donors (Lipinski definition) is 3. The molecular formula is C16H12BrF3N2O4S. The van der Waals surface area contributed by atoms with Crippen LogP contribution in [0.25, 0.3) is 6.08 Å². The molecule has 2 aromatic carbocycles. The normalized spacial score (nSPS) is 12.2. The fraction of sp³-hybridized carbons (Fsp3) is 0.0625.